The number of nitrogens with zero attached hydrogens (tertiary/aromatic N) is 6. The molecule has 2 aromatic heterocycles. The smallest absolute Gasteiger partial charge is 0.410 e. The minimum atomic E-state index is -0.660. The van der Waals surface area contributed by atoms with Crippen LogP contribution in [0.4, 0.5) is 19.4 Å². The van der Waals surface area contributed by atoms with Crippen LogP contribution in [0.5, 0.6) is 6.01 Å². The number of aromatic nitrogens is 3. The zero-order valence-electron chi connectivity index (χ0n) is 29.1. The fraction of sp³-hybridized carbons (Fsp3) is 0.487. The van der Waals surface area contributed by atoms with E-state index < -0.39 is 17.2 Å². The number of amides is 1. The standard InChI is InChI=1S/C39H42F2N6O3/c1-6-27-30(40)12-9-24-17-23(2)18-28(31(24)27)33-32(41)34-29(19-42-33)35(44-36(43-34)49-22-39-13-7-15-46(39)16-8-14-39)45-20-25-10-11-26(21-45)47(25)37(48)50-38(3,4)5/h1,9,12,17-19,25-26H,7-8,10-11,13-16,20-22H2,2-5H3. The van der Waals surface area contributed by atoms with Crippen molar-refractivity contribution >= 4 is 33.6 Å². The van der Waals surface area contributed by atoms with E-state index in [1.165, 1.54) is 6.07 Å². The molecule has 50 heavy (non-hydrogen) atoms. The second-order valence-corrected chi connectivity index (χ2v) is 15.4. The molecule has 260 valence electrons. The summed E-state index contributed by atoms with van der Waals surface area (Å²) in [5, 5.41) is 1.55. The maximum absolute atomic E-state index is 17.1. The molecule has 2 aromatic carbocycles. The van der Waals surface area contributed by atoms with E-state index in [-0.39, 0.29) is 46.5 Å². The summed E-state index contributed by atoms with van der Waals surface area (Å²) >= 11 is 0. The highest BCUT2D eigenvalue weighted by atomic mass is 19.1. The summed E-state index contributed by atoms with van der Waals surface area (Å²) in [6.45, 7) is 11.0. The number of halogens is 2. The Morgan fingerprint density at radius 1 is 1.08 bits per heavy atom. The fourth-order valence-electron chi connectivity index (χ4n) is 8.78. The van der Waals surface area contributed by atoms with Crippen LogP contribution < -0.4 is 9.64 Å². The fourth-order valence-corrected chi connectivity index (χ4v) is 8.78. The number of piperazine rings is 1. The SMILES string of the molecule is C#Cc1c(F)ccc2cc(C)cc(-c3ncc4c(N5CC6CCC(C5)N6C(=O)OC(C)(C)C)nc(OCC56CCCN5CCC6)nc4c3F)c12. The third-order valence-electron chi connectivity index (χ3n) is 10.9. The lowest BCUT2D eigenvalue weighted by molar-refractivity contribution is 0.0122. The van der Waals surface area contributed by atoms with Crippen LogP contribution in [0.1, 0.15) is 70.4 Å². The maximum Gasteiger partial charge on any atom is 0.410 e. The molecule has 0 aliphatic carbocycles. The van der Waals surface area contributed by atoms with Crippen LogP contribution in [0.3, 0.4) is 0 Å². The largest absolute Gasteiger partial charge is 0.461 e. The molecule has 9 nitrogen and oxygen atoms in total. The van der Waals surface area contributed by atoms with Gasteiger partial charge in [0.05, 0.1) is 28.6 Å². The van der Waals surface area contributed by atoms with Crippen LogP contribution in [0.25, 0.3) is 32.9 Å². The first-order chi connectivity index (χ1) is 23.9. The first-order valence-corrected chi connectivity index (χ1v) is 17.6. The van der Waals surface area contributed by atoms with Crippen molar-refractivity contribution in [3.05, 3.63) is 53.2 Å². The summed E-state index contributed by atoms with van der Waals surface area (Å²) in [5.74, 6) is 1.76. The molecule has 4 saturated heterocycles. The number of rotatable bonds is 5. The monoisotopic (exact) mass is 680 g/mol. The Hall–Kier alpha value is -4.56. The molecule has 4 fully saturated rings. The summed E-state index contributed by atoms with van der Waals surface area (Å²) in [6.07, 6.45) is 13.0. The number of anilines is 1. The van der Waals surface area contributed by atoms with Gasteiger partial charge in [0, 0.05) is 30.2 Å². The molecule has 11 heteroatoms. The van der Waals surface area contributed by atoms with Crippen molar-refractivity contribution < 1.29 is 23.0 Å². The highest BCUT2D eigenvalue weighted by molar-refractivity contribution is 6.02. The van der Waals surface area contributed by atoms with Gasteiger partial charge in [0.1, 0.15) is 35.1 Å². The van der Waals surface area contributed by atoms with E-state index in [4.69, 9.17) is 25.9 Å². The Morgan fingerprint density at radius 3 is 2.48 bits per heavy atom. The second-order valence-electron chi connectivity index (χ2n) is 15.4. The van der Waals surface area contributed by atoms with Gasteiger partial charge in [0.2, 0.25) is 0 Å². The van der Waals surface area contributed by atoms with Crippen molar-refractivity contribution in [2.45, 2.75) is 89.4 Å². The third kappa shape index (κ3) is 5.48. The van der Waals surface area contributed by atoms with Gasteiger partial charge in [0.25, 0.3) is 0 Å². The summed E-state index contributed by atoms with van der Waals surface area (Å²) in [4.78, 5) is 33.9. The summed E-state index contributed by atoms with van der Waals surface area (Å²) in [5.41, 5.74) is 0.728. The van der Waals surface area contributed by atoms with E-state index in [1.54, 1.807) is 18.3 Å². The topological polar surface area (TPSA) is 83.9 Å². The lowest BCUT2D eigenvalue weighted by atomic mass is 9.94. The molecule has 0 spiro atoms. The van der Waals surface area contributed by atoms with E-state index in [0.717, 1.165) is 57.2 Å². The van der Waals surface area contributed by atoms with Crippen LogP contribution in [0.15, 0.2) is 30.5 Å². The normalized spacial score (nSPS) is 21.5. The summed E-state index contributed by atoms with van der Waals surface area (Å²) in [7, 11) is 0. The van der Waals surface area contributed by atoms with Gasteiger partial charge in [-0.3, -0.25) is 14.8 Å². The van der Waals surface area contributed by atoms with Crippen LogP contribution in [0.2, 0.25) is 0 Å². The van der Waals surface area contributed by atoms with E-state index in [1.807, 2.05) is 38.7 Å². The molecular formula is C39H42F2N6O3. The van der Waals surface area contributed by atoms with E-state index >= 15 is 4.39 Å². The number of ether oxygens (including phenoxy) is 2. The van der Waals surface area contributed by atoms with Crippen molar-refractivity contribution in [3.8, 4) is 29.6 Å². The molecule has 2 unspecified atom stereocenters. The van der Waals surface area contributed by atoms with Gasteiger partial charge in [-0.2, -0.15) is 9.97 Å². The molecule has 2 bridgehead atoms. The van der Waals surface area contributed by atoms with Gasteiger partial charge >= 0.3 is 12.1 Å². The van der Waals surface area contributed by atoms with Crippen molar-refractivity contribution in [1.82, 2.24) is 24.8 Å². The molecule has 0 N–H and O–H groups in total. The van der Waals surface area contributed by atoms with E-state index in [0.29, 0.717) is 47.2 Å². The van der Waals surface area contributed by atoms with Crippen molar-refractivity contribution in [2.75, 3.05) is 37.7 Å². The Labute approximate surface area is 291 Å². The molecule has 4 aliphatic heterocycles. The summed E-state index contributed by atoms with van der Waals surface area (Å²) < 4.78 is 44.2. The molecule has 8 rings (SSSR count). The zero-order valence-corrected chi connectivity index (χ0v) is 29.1. The Morgan fingerprint density at radius 2 is 1.80 bits per heavy atom. The minimum absolute atomic E-state index is 0.0232. The molecule has 2 atom stereocenters. The average molecular weight is 681 g/mol. The molecule has 4 aliphatic rings. The van der Waals surface area contributed by atoms with Crippen molar-refractivity contribution in [1.29, 1.82) is 0 Å². The predicted octanol–water partition coefficient (Wildman–Crippen LogP) is 7.01. The van der Waals surface area contributed by atoms with Gasteiger partial charge in [-0.25, -0.2) is 13.6 Å². The maximum atomic E-state index is 17.1. The van der Waals surface area contributed by atoms with Gasteiger partial charge in [-0.05, 0) is 102 Å². The van der Waals surface area contributed by atoms with Crippen LogP contribution in [-0.4, -0.2) is 86.9 Å². The number of carbonyl (C=O) groups is 1. The quantitative estimate of drug-likeness (QED) is 0.208. The Bertz CT molecular complexity index is 2050. The number of pyridine rings is 1. The Kier molecular flexibility index (Phi) is 7.86. The average Bonchev–Trinajstić information content (AvgIpc) is 3.73. The van der Waals surface area contributed by atoms with Crippen molar-refractivity contribution in [2.24, 2.45) is 0 Å². The van der Waals surface area contributed by atoms with Crippen LogP contribution in [-0.2, 0) is 4.74 Å². The van der Waals surface area contributed by atoms with Gasteiger partial charge in [-0.15, -0.1) is 6.42 Å². The van der Waals surface area contributed by atoms with Gasteiger partial charge in [0.15, 0.2) is 5.82 Å². The minimum Gasteiger partial charge on any atom is -0.461 e. The number of benzene rings is 2. The lowest BCUT2D eigenvalue weighted by Crippen LogP contribution is -2.57. The summed E-state index contributed by atoms with van der Waals surface area (Å²) in [6, 6.07) is 6.57. The number of terminal acetylenes is 1. The Balaban J connectivity index is 1.23. The highest BCUT2D eigenvalue weighted by Crippen LogP contribution is 2.42. The zero-order chi connectivity index (χ0) is 34.9. The number of hydrogen-bond donors (Lipinski definition) is 0. The number of fused-ring (bicyclic) bond motifs is 5. The second kappa shape index (κ2) is 12.0. The lowest BCUT2D eigenvalue weighted by Gasteiger charge is -2.42. The first-order valence-electron chi connectivity index (χ1n) is 17.6. The third-order valence-corrected chi connectivity index (χ3v) is 10.9. The van der Waals surface area contributed by atoms with E-state index in [9.17, 15) is 9.18 Å². The number of aryl methyl sites for hydroxylation is 1. The predicted molar refractivity (Wildman–Crippen MR) is 188 cm³/mol. The number of hydrogen-bond acceptors (Lipinski definition) is 8. The van der Waals surface area contributed by atoms with Crippen molar-refractivity contribution in [3.63, 3.8) is 0 Å². The molecular weight excluding hydrogens is 638 g/mol. The first kappa shape index (κ1) is 32.6. The molecule has 1 amide bonds. The molecule has 6 heterocycles. The van der Waals surface area contributed by atoms with Gasteiger partial charge in [-0.1, -0.05) is 18.1 Å². The highest BCUT2D eigenvalue weighted by Gasteiger charge is 2.46. The number of carbonyl (C=O) groups excluding carboxylic acids is 1. The van der Waals surface area contributed by atoms with Crippen LogP contribution in [0, 0.1) is 30.9 Å². The molecule has 0 saturated carbocycles. The van der Waals surface area contributed by atoms with E-state index in [2.05, 4.69) is 20.7 Å². The van der Waals surface area contributed by atoms with Gasteiger partial charge < -0.3 is 14.4 Å². The van der Waals surface area contributed by atoms with Crippen LogP contribution >= 0.6 is 0 Å². The molecule has 0 radical (unpaired) electrons. The molecule has 4 aromatic rings.